The van der Waals surface area contributed by atoms with Crippen molar-refractivity contribution in [3.8, 4) is 5.75 Å². The van der Waals surface area contributed by atoms with Crippen LogP contribution < -0.4 is 15.0 Å². The third-order valence-corrected chi connectivity index (χ3v) is 3.62. The molecule has 26 heavy (non-hydrogen) atoms. The maximum Gasteiger partial charge on any atom is 0.339 e. The molecule has 10 heteroatoms. The number of rotatable bonds is 6. The second-order valence-electron chi connectivity index (χ2n) is 5.58. The SMILES string of the molecule is COc1ccc(N2C(=O)C(=O)N(CC(=O)NCC(=O)N(C)C)C2=O)cc1. The molecule has 0 atom stereocenters. The quantitative estimate of drug-likeness (QED) is 0.523. The van der Waals surface area contributed by atoms with Crippen LogP contribution >= 0.6 is 0 Å². The van der Waals surface area contributed by atoms with Crippen LogP contribution in [0.3, 0.4) is 0 Å². The monoisotopic (exact) mass is 362 g/mol. The molecule has 1 heterocycles. The largest absolute Gasteiger partial charge is 0.497 e. The highest BCUT2D eigenvalue weighted by Gasteiger charge is 2.46. The molecule has 0 unspecified atom stereocenters. The van der Waals surface area contributed by atoms with Crippen molar-refractivity contribution in [1.82, 2.24) is 15.1 Å². The summed E-state index contributed by atoms with van der Waals surface area (Å²) < 4.78 is 4.99. The van der Waals surface area contributed by atoms with Gasteiger partial charge in [0, 0.05) is 14.1 Å². The lowest BCUT2D eigenvalue weighted by Gasteiger charge is -2.16. The summed E-state index contributed by atoms with van der Waals surface area (Å²) in [6, 6.07) is 5.02. The normalized spacial score (nSPS) is 13.9. The zero-order chi connectivity index (χ0) is 19.4. The van der Waals surface area contributed by atoms with Crippen molar-refractivity contribution in [1.29, 1.82) is 0 Å². The van der Waals surface area contributed by atoms with Crippen LogP contribution in [0.1, 0.15) is 0 Å². The summed E-state index contributed by atoms with van der Waals surface area (Å²) in [5.74, 6) is -2.74. The summed E-state index contributed by atoms with van der Waals surface area (Å²) in [6.45, 7) is -0.936. The second-order valence-corrected chi connectivity index (χ2v) is 5.58. The number of nitrogens with zero attached hydrogens (tertiary/aromatic N) is 3. The highest BCUT2D eigenvalue weighted by molar-refractivity contribution is 6.53. The molecule has 1 saturated heterocycles. The van der Waals surface area contributed by atoms with Crippen LogP contribution in [-0.4, -0.2) is 73.8 Å². The molecule has 1 aliphatic rings. The lowest BCUT2D eigenvalue weighted by molar-refractivity contribution is -0.140. The van der Waals surface area contributed by atoms with Crippen LogP contribution in [0.25, 0.3) is 0 Å². The van der Waals surface area contributed by atoms with E-state index in [9.17, 15) is 24.0 Å². The molecule has 0 spiro atoms. The van der Waals surface area contributed by atoms with Gasteiger partial charge < -0.3 is 15.0 Å². The predicted octanol–water partition coefficient (Wildman–Crippen LogP) is -0.805. The number of carbonyl (C=O) groups excluding carboxylic acids is 5. The van der Waals surface area contributed by atoms with Gasteiger partial charge in [-0.15, -0.1) is 0 Å². The van der Waals surface area contributed by atoms with Crippen molar-refractivity contribution in [2.24, 2.45) is 0 Å². The molecule has 6 amide bonds. The van der Waals surface area contributed by atoms with Crippen molar-refractivity contribution >= 4 is 35.3 Å². The van der Waals surface area contributed by atoms with Gasteiger partial charge in [-0.25, -0.2) is 14.6 Å². The summed E-state index contributed by atoms with van der Waals surface area (Å²) in [5, 5.41) is 2.29. The van der Waals surface area contributed by atoms with Crippen LogP contribution in [0.5, 0.6) is 5.75 Å². The number of anilines is 1. The van der Waals surface area contributed by atoms with Gasteiger partial charge in [0.1, 0.15) is 12.3 Å². The van der Waals surface area contributed by atoms with Crippen molar-refractivity contribution < 1.29 is 28.7 Å². The van der Waals surface area contributed by atoms with Gasteiger partial charge in [-0.05, 0) is 24.3 Å². The van der Waals surface area contributed by atoms with E-state index in [1.807, 2.05) is 0 Å². The molecule has 10 nitrogen and oxygen atoms in total. The van der Waals surface area contributed by atoms with Gasteiger partial charge in [-0.1, -0.05) is 0 Å². The van der Waals surface area contributed by atoms with E-state index in [1.54, 1.807) is 0 Å². The number of nitrogens with one attached hydrogen (secondary N) is 1. The highest BCUT2D eigenvalue weighted by Crippen LogP contribution is 2.24. The molecule has 0 radical (unpaired) electrons. The molecule has 138 valence electrons. The van der Waals surface area contributed by atoms with Crippen LogP contribution in [0.2, 0.25) is 0 Å². The first-order valence-electron chi connectivity index (χ1n) is 7.57. The maximum atomic E-state index is 12.4. The Hall–Kier alpha value is -3.43. The predicted molar refractivity (Wildman–Crippen MR) is 89.3 cm³/mol. The van der Waals surface area contributed by atoms with Gasteiger partial charge in [-0.2, -0.15) is 0 Å². The van der Waals surface area contributed by atoms with Gasteiger partial charge in [-0.3, -0.25) is 19.2 Å². The summed E-state index contributed by atoms with van der Waals surface area (Å²) in [6.07, 6.45) is 0. The Kier molecular flexibility index (Phi) is 5.55. The van der Waals surface area contributed by atoms with E-state index in [0.717, 1.165) is 0 Å². The minimum absolute atomic E-state index is 0.180. The summed E-state index contributed by atoms with van der Waals surface area (Å²) >= 11 is 0. The Morgan fingerprint density at radius 2 is 1.69 bits per heavy atom. The van der Waals surface area contributed by atoms with Crippen molar-refractivity contribution in [3.05, 3.63) is 24.3 Å². The lowest BCUT2D eigenvalue weighted by atomic mass is 10.3. The minimum atomic E-state index is -1.11. The molecule has 1 aliphatic heterocycles. The molecule has 0 bridgehead atoms. The van der Waals surface area contributed by atoms with E-state index in [0.29, 0.717) is 15.5 Å². The number of likely N-dealkylation sites (N-methyl/N-ethyl adjacent to an activating group) is 1. The zero-order valence-electron chi connectivity index (χ0n) is 14.5. The van der Waals surface area contributed by atoms with E-state index < -0.39 is 30.3 Å². The topological polar surface area (TPSA) is 116 Å². The van der Waals surface area contributed by atoms with E-state index in [1.165, 1.54) is 50.4 Å². The average Bonchev–Trinajstić information content (AvgIpc) is 2.83. The fourth-order valence-corrected chi connectivity index (χ4v) is 2.14. The number of urea groups is 1. The van der Waals surface area contributed by atoms with E-state index in [4.69, 9.17) is 4.74 Å². The van der Waals surface area contributed by atoms with Gasteiger partial charge in [0.15, 0.2) is 0 Å². The first kappa shape index (κ1) is 18.9. The van der Waals surface area contributed by atoms with E-state index in [2.05, 4.69) is 5.32 Å². The van der Waals surface area contributed by atoms with Crippen molar-refractivity contribution in [2.45, 2.75) is 0 Å². The Morgan fingerprint density at radius 1 is 1.08 bits per heavy atom. The molecule has 0 aliphatic carbocycles. The lowest BCUT2D eigenvalue weighted by Crippen LogP contribution is -2.44. The third kappa shape index (κ3) is 3.79. The number of ether oxygens (including phenoxy) is 1. The van der Waals surface area contributed by atoms with Crippen LogP contribution in [0.15, 0.2) is 24.3 Å². The Labute approximate surface area is 149 Å². The number of amides is 6. The van der Waals surface area contributed by atoms with Crippen LogP contribution in [0, 0.1) is 0 Å². The van der Waals surface area contributed by atoms with Crippen molar-refractivity contribution in [2.75, 3.05) is 39.2 Å². The second kappa shape index (κ2) is 7.64. The maximum absolute atomic E-state index is 12.4. The molecule has 1 aromatic rings. The number of benzene rings is 1. The first-order valence-corrected chi connectivity index (χ1v) is 7.57. The van der Waals surface area contributed by atoms with Gasteiger partial charge in [0.05, 0.1) is 19.3 Å². The molecular weight excluding hydrogens is 344 g/mol. The summed E-state index contributed by atoms with van der Waals surface area (Å²) in [7, 11) is 4.51. The highest BCUT2D eigenvalue weighted by atomic mass is 16.5. The summed E-state index contributed by atoms with van der Waals surface area (Å²) in [5.41, 5.74) is 0.180. The minimum Gasteiger partial charge on any atom is -0.497 e. The molecular formula is C16H18N4O6. The number of carbonyl (C=O) groups is 5. The average molecular weight is 362 g/mol. The molecule has 0 aromatic heterocycles. The van der Waals surface area contributed by atoms with Crippen LogP contribution in [-0.2, 0) is 19.2 Å². The number of hydrogen-bond donors (Lipinski definition) is 1. The standard InChI is InChI=1S/C16H18N4O6/c1-18(2)13(22)8-17-12(21)9-19-14(23)15(24)20(16(19)25)10-4-6-11(26-3)7-5-10/h4-7H,8-9H2,1-3H3,(H,17,21). The molecule has 1 aromatic carbocycles. The molecule has 0 saturated carbocycles. The van der Waals surface area contributed by atoms with E-state index in [-0.39, 0.29) is 18.1 Å². The van der Waals surface area contributed by atoms with Gasteiger partial charge in [0.2, 0.25) is 11.8 Å². The summed E-state index contributed by atoms with van der Waals surface area (Å²) in [4.78, 5) is 62.3. The number of methoxy groups -OCH3 is 1. The number of imide groups is 2. The molecule has 1 fully saturated rings. The number of hydrogen-bond acceptors (Lipinski definition) is 6. The fourth-order valence-electron chi connectivity index (χ4n) is 2.14. The van der Waals surface area contributed by atoms with Gasteiger partial charge >= 0.3 is 17.8 Å². The van der Waals surface area contributed by atoms with E-state index >= 15 is 0 Å². The smallest absolute Gasteiger partial charge is 0.339 e. The first-order chi connectivity index (χ1) is 12.3. The fraction of sp³-hybridized carbons (Fsp3) is 0.312. The van der Waals surface area contributed by atoms with Gasteiger partial charge in [0.25, 0.3) is 0 Å². The molecule has 2 rings (SSSR count). The Balaban J connectivity index is 2.07. The third-order valence-electron chi connectivity index (χ3n) is 3.62. The van der Waals surface area contributed by atoms with Crippen LogP contribution in [0.4, 0.5) is 10.5 Å². The molecule has 1 N–H and O–H groups in total. The Morgan fingerprint density at radius 3 is 2.23 bits per heavy atom. The zero-order valence-corrected chi connectivity index (χ0v) is 14.5. The van der Waals surface area contributed by atoms with Crippen molar-refractivity contribution in [3.63, 3.8) is 0 Å². The Bertz CT molecular complexity index is 759.